The zero-order chi connectivity index (χ0) is 13.3. The Morgan fingerprint density at radius 1 is 0.895 bits per heavy atom. The molecule has 5 nitrogen and oxygen atoms in total. The molecule has 0 aliphatic heterocycles. The first-order valence-corrected chi connectivity index (χ1v) is 6.50. The van der Waals surface area contributed by atoms with Crippen LogP contribution in [0.2, 0.25) is 0 Å². The second-order valence-corrected chi connectivity index (χ2v) is 5.18. The fourth-order valence-electron chi connectivity index (χ4n) is 1.65. The van der Waals surface area contributed by atoms with E-state index < -0.39 is 10.1 Å². The SMILES string of the molecule is Nc1ccc(-c2ccc(N)cc2S(=O)(=O)[O-])cc1.[Na+]. The van der Waals surface area contributed by atoms with Gasteiger partial charge in [0.1, 0.15) is 10.1 Å². The Hall–Kier alpha value is -1.05. The minimum atomic E-state index is -4.58. The predicted molar refractivity (Wildman–Crippen MR) is 68.7 cm³/mol. The molecule has 2 aromatic carbocycles. The minimum Gasteiger partial charge on any atom is -0.744 e. The van der Waals surface area contributed by atoms with Crippen molar-refractivity contribution in [3.05, 3.63) is 42.5 Å². The number of hydrogen-bond acceptors (Lipinski definition) is 5. The molecule has 0 atom stereocenters. The molecule has 0 unspecified atom stereocenters. The van der Waals surface area contributed by atoms with Crippen molar-refractivity contribution in [2.45, 2.75) is 4.90 Å². The summed E-state index contributed by atoms with van der Waals surface area (Å²) in [6.45, 7) is 0. The van der Waals surface area contributed by atoms with Gasteiger partial charge in [-0.25, -0.2) is 8.42 Å². The van der Waals surface area contributed by atoms with Crippen LogP contribution in [-0.4, -0.2) is 13.0 Å². The molecule has 0 radical (unpaired) electrons. The maximum Gasteiger partial charge on any atom is 1.00 e. The molecule has 0 saturated heterocycles. The van der Waals surface area contributed by atoms with Gasteiger partial charge < -0.3 is 16.0 Å². The maximum absolute atomic E-state index is 11.2. The van der Waals surface area contributed by atoms with Gasteiger partial charge in [0.2, 0.25) is 0 Å². The van der Waals surface area contributed by atoms with Crippen LogP contribution in [0.25, 0.3) is 11.1 Å². The first-order valence-electron chi connectivity index (χ1n) is 5.09. The Balaban J connectivity index is 0.00000180. The summed E-state index contributed by atoms with van der Waals surface area (Å²) < 4.78 is 33.6. The monoisotopic (exact) mass is 286 g/mol. The molecule has 0 aromatic heterocycles. The second-order valence-electron chi connectivity index (χ2n) is 3.83. The molecule has 19 heavy (non-hydrogen) atoms. The summed E-state index contributed by atoms with van der Waals surface area (Å²) in [6, 6.07) is 10.8. The van der Waals surface area contributed by atoms with Crippen molar-refractivity contribution in [2.75, 3.05) is 11.5 Å². The quantitative estimate of drug-likeness (QED) is 0.393. The van der Waals surface area contributed by atoms with Crippen LogP contribution in [-0.2, 0) is 10.1 Å². The molecule has 94 valence electrons. The van der Waals surface area contributed by atoms with Crippen LogP contribution in [0.15, 0.2) is 47.4 Å². The van der Waals surface area contributed by atoms with Gasteiger partial charge in [0.25, 0.3) is 0 Å². The zero-order valence-corrected chi connectivity index (χ0v) is 13.1. The minimum absolute atomic E-state index is 0. The molecule has 0 amide bonds. The molecule has 0 bridgehead atoms. The summed E-state index contributed by atoms with van der Waals surface area (Å²) in [4.78, 5) is -0.327. The summed E-state index contributed by atoms with van der Waals surface area (Å²) in [5.41, 5.74) is 12.8. The molecule has 0 heterocycles. The zero-order valence-electron chi connectivity index (χ0n) is 10.3. The fraction of sp³-hybridized carbons (Fsp3) is 0. The van der Waals surface area contributed by atoms with Gasteiger partial charge in [0, 0.05) is 11.4 Å². The summed E-state index contributed by atoms with van der Waals surface area (Å²) in [6.07, 6.45) is 0. The van der Waals surface area contributed by atoms with E-state index in [4.69, 9.17) is 11.5 Å². The average molecular weight is 286 g/mol. The number of nitrogens with two attached hydrogens (primary N) is 2. The van der Waals surface area contributed by atoms with Crippen molar-refractivity contribution in [2.24, 2.45) is 0 Å². The van der Waals surface area contributed by atoms with E-state index in [1.165, 1.54) is 6.07 Å². The molecule has 0 spiro atoms. The smallest absolute Gasteiger partial charge is 0.744 e. The molecule has 2 rings (SSSR count). The third kappa shape index (κ3) is 3.71. The second kappa shape index (κ2) is 5.94. The Morgan fingerprint density at radius 2 is 1.42 bits per heavy atom. The van der Waals surface area contributed by atoms with Gasteiger partial charge in [0.05, 0.1) is 4.90 Å². The van der Waals surface area contributed by atoms with Crippen LogP contribution in [0, 0.1) is 0 Å². The van der Waals surface area contributed by atoms with Gasteiger partial charge in [-0.1, -0.05) is 18.2 Å². The number of hydrogen-bond donors (Lipinski definition) is 2. The first-order chi connectivity index (χ1) is 8.38. The van der Waals surface area contributed by atoms with Crippen LogP contribution in [0.3, 0.4) is 0 Å². The Labute approximate surface area is 133 Å². The molecule has 0 aliphatic rings. The third-order valence-electron chi connectivity index (χ3n) is 2.50. The first kappa shape index (κ1) is 16.0. The van der Waals surface area contributed by atoms with Crippen LogP contribution in [0.1, 0.15) is 0 Å². The van der Waals surface area contributed by atoms with Crippen molar-refractivity contribution in [1.82, 2.24) is 0 Å². The average Bonchev–Trinajstić information content (AvgIpc) is 2.29. The van der Waals surface area contributed by atoms with Crippen molar-refractivity contribution in [3.63, 3.8) is 0 Å². The summed E-state index contributed by atoms with van der Waals surface area (Å²) in [7, 11) is -4.58. The molecule has 2 aromatic rings. The summed E-state index contributed by atoms with van der Waals surface area (Å²) in [5, 5.41) is 0. The van der Waals surface area contributed by atoms with Gasteiger partial charge in [0.15, 0.2) is 0 Å². The van der Waals surface area contributed by atoms with Crippen LogP contribution in [0.5, 0.6) is 0 Å². The van der Waals surface area contributed by atoms with Crippen LogP contribution in [0.4, 0.5) is 11.4 Å². The predicted octanol–water partition coefficient (Wildman–Crippen LogP) is -1.57. The van der Waals surface area contributed by atoms with Crippen molar-refractivity contribution >= 4 is 21.5 Å². The van der Waals surface area contributed by atoms with E-state index in [0.717, 1.165) is 6.07 Å². The van der Waals surface area contributed by atoms with Crippen molar-refractivity contribution in [3.8, 4) is 11.1 Å². The Morgan fingerprint density at radius 3 is 1.95 bits per heavy atom. The molecule has 0 fully saturated rings. The molecule has 0 aliphatic carbocycles. The van der Waals surface area contributed by atoms with Crippen molar-refractivity contribution in [1.29, 1.82) is 0 Å². The van der Waals surface area contributed by atoms with E-state index in [0.29, 0.717) is 16.8 Å². The summed E-state index contributed by atoms with van der Waals surface area (Å²) in [5.74, 6) is 0. The van der Waals surface area contributed by atoms with Gasteiger partial charge >= 0.3 is 29.6 Å². The van der Waals surface area contributed by atoms with Crippen molar-refractivity contribution < 1.29 is 42.5 Å². The molecule has 7 heteroatoms. The number of nitrogen functional groups attached to an aromatic ring is 2. The van der Waals surface area contributed by atoms with E-state index in [1.807, 2.05) is 0 Å². The van der Waals surface area contributed by atoms with E-state index in [9.17, 15) is 13.0 Å². The molecule has 0 saturated carbocycles. The number of rotatable bonds is 2. The summed E-state index contributed by atoms with van der Waals surface area (Å²) >= 11 is 0. The van der Waals surface area contributed by atoms with Gasteiger partial charge in [-0.05, 0) is 35.4 Å². The standard InChI is InChI=1S/C12H12N2O3S.Na/c13-9-3-1-8(2-4-9)11-6-5-10(14)7-12(11)18(15,16)17;/h1-7H,13-14H2,(H,15,16,17);/q;+1/p-1. The van der Waals surface area contributed by atoms with Crippen LogP contribution >= 0.6 is 0 Å². The Kier molecular flexibility index (Phi) is 5.00. The van der Waals surface area contributed by atoms with Gasteiger partial charge in [-0.3, -0.25) is 0 Å². The molecular formula is C12H11N2NaO3S. The van der Waals surface area contributed by atoms with Gasteiger partial charge in [-0.2, -0.15) is 0 Å². The van der Waals surface area contributed by atoms with Gasteiger partial charge in [-0.15, -0.1) is 0 Å². The largest absolute Gasteiger partial charge is 1.00 e. The topological polar surface area (TPSA) is 109 Å². The van der Waals surface area contributed by atoms with E-state index in [2.05, 4.69) is 0 Å². The third-order valence-corrected chi connectivity index (χ3v) is 3.37. The molecular weight excluding hydrogens is 275 g/mol. The van der Waals surface area contributed by atoms with E-state index in [1.54, 1.807) is 30.3 Å². The maximum atomic E-state index is 11.2. The van der Waals surface area contributed by atoms with Crippen LogP contribution < -0.4 is 41.0 Å². The Bertz CT molecular complexity index is 685. The fourth-order valence-corrected chi connectivity index (χ4v) is 2.38. The normalized spacial score (nSPS) is 10.8. The number of benzene rings is 2. The number of anilines is 2. The van der Waals surface area contributed by atoms with E-state index in [-0.39, 0.29) is 40.1 Å². The molecule has 4 N–H and O–H groups in total. The van der Waals surface area contributed by atoms with E-state index >= 15 is 0 Å².